The number of hydrogen-bond donors (Lipinski definition) is 2. The van der Waals surface area contributed by atoms with Gasteiger partial charge in [0.25, 0.3) is 0 Å². The van der Waals surface area contributed by atoms with Crippen molar-refractivity contribution in [1.82, 2.24) is 25.3 Å². The van der Waals surface area contributed by atoms with Gasteiger partial charge < -0.3 is 15.1 Å². The van der Waals surface area contributed by atoms with Crippen LogP contribution in [-0.2, 0) is 33.2 Å². The molecule has 3 aromatic rings. The van der Waals surface area contributed by atoms with Crippen LogP contribution < -0.4 is 10.6 Å². The summed E-state index contributed by atoms with van der Waals surface area (Å²) in [4.78, 5) is 7.03. The van der Waals surface area contributed by atoms with Gasteiger partial charge in [-0.1, -0.05) is 24.3 Å². The summed E-state index contributed by atoms with van der Waals surface area (Å²) in [7, 11) is 4.04. The Morgan fingerprint density at radius 1 is 1.10 bits per heavy atom. The standard InChI is InChI=1S/C22H30N6O.HI/c1-4-23-22(25-15-20-11-12-26-28(20)3)24-14-18-8-5-6-9-19(18)16-27(2)17-21-10-7-13-29-21;/h5-13H,4,14-17H2,1-3H3,(H2,23,24,25);1H. The van der Waals surface area contributed by atoms with E-state index >= 15 is 0 Å². The Hall–Kier alpha value is -2.33. The summed E-state index contributed by atoms with van der Waals surface area (Å²) in [5, 5.41) is 10.9. The third-order valence-electron chi connectivity index (χ3n) is 4.68. The van der Waals surface area contributed by atoms with E-state index in [2.05, 4.69) is 58.9 Å². The van der Waals surface area contributed by atoms with E-state index < -0.39 is 0 Å². The van der Waals surface area contributed by atoms with Gasteiger partial charge in [-0.2, -0.15) is 5.10 Å². The normalized spacial score (nSPS) is 11.4. The highest BCUT2D eigenvalue weighted by Crippen LogP contribution is 2.14. The van der Waals surface area contributed by atoms with E-state index in [9.17, 15) is 0 Å². The highest BCUT2D eigenvalue weighted by atomic mass is 127. The van der Waals surface area contributed by atoms with Gasteiger partial charge in [0.15, 0.2) is 5.96 Å². The number of aromatic nitrogens is 2. The van der Waals surface area contributed by atoms with Crippen LogP contribution in [0.2, 0.25) is 0 Å². The van der Waals surface area contributed by atoms with Gasteiger partial charge in [-0.25, -0.2) is 4.99 Å². The molecule has 0 spiro atoms. The van der Waals surface area contributed by atoms with Crippen LogP contribution in [0.1, 0.15) is 29.5 Å². The zero-order valence-electron chi connectivity index (χ0n) is 17.8. The third kappa shape index (κ3) is 7.17. The van der Waals surface area contributed by atoms with Crippen LogP contribution in [0.25, 0.3) is 0 Å². The summed E-state index contributed by atoms with van der Waals surface area (Å²) < 4.78 is 7.32. The fourth-order valence-corrected chi connectivity index (χ4v) is 3.14. The molecule has 0 amide bonds. The van der Waals surface area contributed by atoms with Crippen LogP contribution in [0.15, 0.2) is 64.3 Å². The summed E-state index contributed by atoms with van der Waals surface area (Å²) in [6.07, 6.45) is 3.52. The zero-order valence-corrected chi connectivity index (χ0v) is 20.2. The Kier molecular flexibility index (Phi) is 9.88. The van der Waals surface area contributed by atoms with Crippen molar-refractivity contribution in [2.24, 2.45) is 12.0 Å². The molecule has 0 saturated carbocycles. The SMILES string of the molecule is CCNC(=NCc1ccccc1CN(C)Cc1ccco1)NCc1ccnn1C.I. The molecule has 8 heteroatoms. The molecule has 2 N–H and O–H groups in total. The van der Waals surface area contributed by atoms with Crippen LogP contribution in [0.4, 0.5) is 0 Å². The molecule has 30 heavy (non-hydrogen) atoms. The number of rotatable bonds is 9. The second-order valence-electron chi connectivity index (χ2n) is 7.02. The monoisotopic (exact) mass is 522 g/mol. The minimum absolute atomic E-state index is 0. The molecule has 0 aliphatic rings. The lowest BCUT2D eigenvalue weighted by Crippen LogP contribution is -2.37. The number of halogens is 1. The van der Waals surface area contributed by atoms with E-state index in [-0.39, 0.29) is 24.0 Å². The maximum Gasteiger partial charge on any atom is 0.191 e. The van der Waals surface area contributed by atoms with Crippen molar-refractivity contribution in [1.29, 1.82) is 0 Å². The van der Waals surface area contributed by atoms with Gasteiger partial charge >= 0.3 is 0 Å². The lowest BCUT2D eigenvalue weighted by Gasteiger charge is -2.17. The molecule has 0 atom stereocenters. The zero-order chi connectivity index (χ0) is 20.5. The summed E-state index contributed by atoms with van der Waals surface area (Å²) in [5.41, 5.74) is 3.60. The Morgan fingerprint density at radius 3 is 2.57 bits per heavy atom. The molecule has 0 aliphatic heterocycles. The summed E-state index contributed by atoms with van der Waals surface area (Å²) in [6, 6.07) is 14.4. The largest absolute Gasteiger partial charge is 0.468 e. The average molecular weight is 522 g/mol. The van der Waals surface area contributed by atoms with E-state index in [0.717, 1.165) is 37.0 Å². The van der Waals surface area contributed by atoms with Crippen molar-refractivity contribution >= 4 is 29.9 Å². The Balaban J connectivity index is 0.00000320. The molecule has 0 bridgehead atoms. The third-order valence-corrected chi connectivity index (χ3v) is 4.68. The first-order chi connectivity index (χ1) is 14.2. The van der Waals surface area contributed by atoms with Crippen molar-refractivity contribution in [3.8, 4) is 0 Å². The van der Waals surface area contributed by atoms with E-state index in [4.69, 9.17) is 9.41 Å². The number of nitrogens with one attached hydrogen (secondary N) is 2. The van der Waals surface area contributed by atoms with Gasteiger partial charge in [0, 0.05) is 26.3 Å². The number of aliphatic imine (C=N–C) groups is 1. The topological polar surface area (TPSA) is 70.6 Å². The van der Waals surface area contributed by atoms with E-state index in [1.54, 1.807) is 12.5 Å². The van der Waals surface area contributed by atoms with Crippen molar-refractivity contribution in [3.05, 3.63) is 77.5 Å². The quantitative estimate of drug-likeness (QED) is 0.256. The maximum absolute atomic E-state index is 5.46. The van der Waals surface area contributed by atoms with Crippen molar-refractivity contribution in [3.63, 3.8) is 0 Å². The predicted molar refractivity (Wildman–Crippen MR) is 131 cm³/mol. The van der Waals surface area contributed by atoms with Crippen LogP contribution in [0.5, 0.6) is 0 Å². The molecule has 3 rings (SSSR count). The van der Waals surface area contributed by atoms with Gasteiger partial charge in [-0.3, -0.25) is 9.58 Å². The number of benzene rings is 1. The molecule has 0 fully saturated rings. The minimum Gasteiger partial charge on any atom is -0.468 e. The molecule has 7 nitrogen and oxygen atoms in total. The highest BCUT2D eigenvalue weighted by molar-refractivity contribution is 14.0. The smallest absolute Gasteiger partial charge is 0.191 e. The number of hydrogen-bond acceptors (Lipinski definition) is 4. The van der Waals surface area contributed by atoms with Crippen molar-refractivity contribution in [2.45, 2.75) is 33.1 Å². The first-order valence-corrected chi connectivity index (χ1v) is 9.92. The number of furan rings is 1. The molecule has 162 valence electrons. The second kappa shape index (κ2) is 12.4. The first kappa shape index (κ1) is 23.9. The Labute approximate surface area is 195 Å². The molecular formula is C22H31IN6O. The second-order valence-corrected chi connectivity index (χ2v) is 7.02. The number of aryl methyl sites for hydroxylation is 1. The van der Waals surface area contributed by atoms with Gasteiger partial charge in [-0.15, -0.1) is 24.0 Å². The van der Waals surface area contributed by atoms with E-state index in [1.807, 2.05) is 29.9 Å². The molecule has 0 unspecified atom stereocenters. The average Bonchev–Trinajstić information content (AvgIpc) is 3.36. The molecular weight excluding hydrogens is 491 g/mol. The van der Waals surface area contributed by atoms with Crippen LogP contribution in [0.3, 0.4) is 0 Å². The first-order valence-electron chi connectivity index (χ1n) is 9.92. The van der Waals surface area contributed by atoms with Crippen LogP contribution in [-0.4, -0.2) is 34.2 Å². The van der Waals surface area contributed by atoms with Gasteiger partial charge in [0.05, 0.1) is 31.6 Å². The summed E-state index contributed by atoms with van der Waals surface area (Å²) in [5.74, 6) is 1.77. The van der Waals surface area contributed by atoms with Gasteiger partial charge in [0.2, 0.25) is 0 Å². The van der Waals surface area contributed by atoms with E-state index in [0.29, 0.717) is 13.1 Å². The van der Waals surface area contributed by atoms with E-state index in [1.165, 1.54) is 11.1 Å². The Morgan fingerprint density at radius 2 is 1.90 bits per heavy atom. The molecule has 1 aromatic carbocycles. The Bertz CT molecular complexity index is 906. The molecule has 0 saturated heterocycles. The molecule has 2 heterocycles. The highest BCUT2D eigenvalue weighted by Gasteiger charge is 2.08. The fourth-order valence-electron chi connectivity index (χ4n) is 3.14. The predicted octanol–water partition coefficient (Wildman–Crippen LogP) is 3.52. The minimum atomic E-state index is 0. The van der Waals surface area contributed by atoms with Gasteiger partial charge in [0.1, 0.15) is 5.76 Å². The van der Waals surface area contributed by atoms with Crippen molar-refractivity contribution in [2.75, 3.05) is 13.6 Å². The number of nitrogens with zero attached hydrogens (tertiary/aromatic N) is 4. The lowest BCUT2D eigenvalue weighted by molar-refractivity contribution is 0.287. The number of guanidine groups is 1. The fraction of sp³-hybridized carbons (Fsp3) is 0.364. The lowest BCUT2D eigenvalue weighted by atomic mass is 10.1. The molecule has 0 radical (unpaired) electrons. The van der Waals surface area contributed by atoms with Crippen molar-refractivity contribution < 1.29 is 4.42 Å². The summed E-state index contributed by atoms with van der Waals surface area (Å²) >= 11 is 0. The summed E-state index contributed by atoms with van der Waals surface area (Å²) in [6.45, 7) is 5.79. The molecule has 0 aliphatic carbocycles. The van der Waals surface area contributed by atoms with Gasteiger partial charge in [-0.05, 0) is 43.3 Å². The van der Waals surface area contributed by atoms with Crippen LogP contribution >= 0.6 is 24.0 Å². The van der Waals surface area contributed by atoms with Crippen LogP contribution in [0, 0.1) is 0 Å². The maximum atomic E-state index is 5.46. The molecule has 2 aromatic heterocycles.